The third-order valence-electron chi connectivity index (χ3n) is 3.29. The predicted molar refractivity (Wildman–Crippen MR) is 77.8 cm³/mol. The number of rotatable bonds is 2. The second-order valence-corrected chi connectivity index (χ2v) is 4.77. The van der Waals surface area contributed by atoms with Crippen LogP contribution in [0.1, 0.15) is 5.56 Å². The van der Waals surface area contributed by atoms with Crippen molar-refractivity contribution in [1.29, 1.82) is 0 Å². The zero-order valence-electron chi connectivity index (χ0n) is 10.7. The molecule has 4 heteroatoms. The highest BCUT2D eigenvalue weighted by Crippen LogP contribution is 2.35. The van der Waals surface area contributed by atoms with E-state index in [2.05, 4.69) is 16.9 Å². The van der Waals surface area contributed by atoms with Gasteiger partial charge in [0.2, 0.25) is 0 Å². The van der Waals surface area contributed by atoms with Gasteiger partial charge in [0, 0.05) is 10.9 Å². The molecule has 1 N–H and O–H groups in total. The molecule has 3 nitrogen and oxygen atoms in total. The van der Waals surface area contributed by atoms with E-state index in [4.69, 9.17) is 16.3 Å². The van der Waals surface area contributed by atoms with E-state index >= 15 is 0 Å². The second-order valence-electron chi connectivity index (χ2n) is 4.38. The molecule has 0 bridgehead atoms. The van der Waals surface area contributed by atoms with Crippen molar-refractivity contribution in [3.63, 3.8) is 0 Å². The molecule has 0 amide bonds. The highest BCUT2D eigenvalue weighted by molar-refractivity contribution is 6.30. The Morgan fingerprint density at radius 1 is 1.26 bits per heavy atom. The summed E-state index contributed by atoms with van der Waals surface area (Å²) in [5, 5.41) is 1.59. The number of ether oxygens (including phenoxy) is 1. The number of para-hydroxylation sites is 1. The molecule has 0 unspecified atom stereocenters. The number of aryl methyl sites for hydroxylation is 1. The number of fused-ring (bicyclic) bond motifs is 1. The number of methoxy groups -OCH3 is 1. The molecule has 0 spiro atoms. The summed E-state index contributed by atoms with van der Waals surface area (Å²) in [6.45, 7) is 2.07. The van der Waals surface area contributed by atoms with Gasteiger partial charge in [0.25, 0.3) is 0 Å². The number of nitrogens with zero attached hydrogens (tertiary/aromatic N) is 1. The normalized spacial score (nSPS) is 10.9. The van der Waals surface area contributed by atoms with Gasteiger partial charge >= 0.3 is 0 Å². The van der Waals surface area contributed by atoms with E-state index in [-0.39, 0.29) is 0 Å². The molecular weight excluding hydrogens is 260 g/mol. The van der Waals surface area contributed by atoms with Crippen molar-refractivity contribution in [3.8, 4) is 17.0 Å². The average molecular weight is 273 g/mol. The molecular formula is C15H13ClN2O. The Balaban J connectivity index is 2.28. The van der Waals surface area contributed by atoms with Crippen LogP contribution in [0.2, 0.25) is 5.15 Å². The zero-order valence-corrected chi connectivity index (χ0v) is 11.5. The van der Waals surface area contributed by atoms with Gasteiger partial charge in [0.1, 0.15) is 10.9 Å². The van der Waals surface area contributed by atoms with Crippen molar-refractivity contribution in [3.05, 3.63) is 47.2 Å². The third kappa shape index (κ3) is 1.96. The number of aromatic amines is 1. The molecule has 0 aliphatic rings. The Bertz CT molecular complexity index is 749. The quantitative estimate of drug-likeness (QED) is 0.710. The van der Waals surface area contributed by atoms with Crippen LogP contribution in [-0.2, 0) is 0 Å². The second kappa shape index (κ2) is 4.59. The van der Waals surface area contributed by atoms with Crippen LogP contribution in [0.15, 0.2) is 36.5 Å². The first-order valence-corrected chi connectivity index (χ1v) is 6.35. The fraction of sp³-hybridized carbons (Fsp3) is 0.133. The van der Waals surface area contributed by atoms with Gasteiger partial charge in [-0.1, -0.05) is 23.7 Å². The Morgan fingerprint density at radius 3 is 2.84 bits per heavy atom. The molecule has 0 aliphatic heterocycles. The summed E-state index contributed by atoms with van der Waals surface area (Å²) >= 11 is 5.95. The first-order valence-electron chi connectivity index (χ1n) is 5.98. The minimum Gasteiger partial charge on any atom is -0.496 e. The van der Waals surface area contributed by atoms with Crippen LogP contribution < -0.4 is 4.74 Å². The molecule has 2 heterocycles. The lowest BCUT2D eigenvalue weighted by atomic mass is 10.1. The topological polar surface area (TPSA) is 37.9 Å². The first kappa shape index (κ1) is 12.1. The standard InChI is InChI=1S/C15H13ClN2O/c1-9-11-7-14(16)17-8-12(11)18-15(9)10-5-3-4-6-13(10)19-2/h3-8,18H,1-2H3. The molecule has 3 rings (SSSR count). The lowest BCUT2D eigenvalue weighted by Crippen LogP contribution is -1.88. The van der Waals surface area contributed by atoms with Crippen LogP contribution in [0.4, 0.5) is 0 Å². The number of hydrogen-bond acceptors (Lipinski definition) is 2. The summed E-state index contributed by atoms with van der Waals surface area (Å²) in [6, 6.07) is 9.81. The van der Waals surface area contributed by atoms with Crippen molar-refractivity contribution in [1.82, 2.24) is 9.97 Å². The van der Waals surface area contributed by atoms with Crippen molar-refractivity contribution >= 4 is 22.5 Å². The third-order valence-corrected chi connectivity index (χ3v) is 3.49. The van der Waals surface area contributed by atoms with Crippen molar-refractivity contribution in [2.24, 2.45) is 0 Å². The van der Waals surface area contributed by atoms with Gasteiger partial charge in [-0.3, -0.25) is 0 Å². The Hall–Kier alpha value is -2.00. The lowest BCUT2D eigenvalue weighted by molar-refractivity contribution is 0.416. The van der Waals surface area contributed by atoms with Crippen LogP contribution in [0.5, 0.6) is 5.75 Å². The maximum Gasteiger partial charge on any atom is 0.129 e. The van der Waals surface area contributed by atoms with Crippen molar-refractivity contribution in [2.75, 3.05) is 7.11 Å². The van der Waals surface area contributed by atoms with Gasteiger partial charge in [-0.05, 0) is 30.7 Å². The van der Waals surface area contributed by atoms with E-state index < -0.39 is 0 Å². The molecule has 0 saturated heterocycles. The minimum atomic E-state index is 0.501. The van der Waals surface area contributed by atoms with Gasteiger partial charge in [-0.15, -0.1) is 0 Å². The van der Waals surface area contributed by atoms with Gasteiger partial charge in [-0.2, -0.15) is 0 Å². The SMILES string of the molecule is COc1ccccc1-c1[nH]c2cnc(Cl)cc2c1C. The van der Waals surface area contributed by atoms with E-state index in [1.807, 2.05) is 30.3 Å². The molecule has 0 atom stereocenters. The first-order chi connectivity index (χ1) is 9.20. The van der Waals surface area contributed by atoms with Crippen LogP contribution in [0.3, 0.4) is 0 Å². The van der Waals surface area contributed by atoms with Crippen LogP contribution in [0, 0.1) is 6.92 Å². The highest BCUT2D eigenvalue weighted by atomic mass is 35.5. The number of nitrogens with one attached hydrogen (secondary N) is 1. The number of halogens is 1. The molecule has 2 aromatic heterocycles. The van der Waals surface area contributed by atoms with E-state index in [0.717, 1.165) is 33.5 Å². The van der Waals surface area contributed by atoms with Crippen LogP contribution >= 0.6 is 11.6 Å². The molecule has 3 aromatic rings. The minimum absolute atomic E-state index is 0.501. The summed E-state index contributed by atoms with van der Waals surface area (Å²) in [5.74, 6) is 0.844. The Kier molecular flexibility index (Phi) is 2.91. The predicted octanol–water partition coefficient (Wildman–Crippen LogP) is 4.20. The molecule has 19 heavy (non-hydrogen) atoms. The summed E-state index contributed by atoms with van der Waals surface area (Å²) in [7, 11) is 1.68. The van der Waals surface area contributed by atoms with Gasteiger partial charge in [0.15, 0.2) is 0 Å². The number of pyridine rings is 1. The maximum atomic E-state index is 5.95. The fourth-order valence-electron chi connectivity index (χ4n) is 2.32. The number of H-pyrrole nitrogens is 1. The number of aromatic nitrogens is 2. The van der Waals surface area contributed by atoms with E-state index in [1.54, 1.807) is 13.3 Å². The summed E-state index contributed by atoms with van der Waals surface area (Å²) in [4.78, 5) is 7.48. The molecule has 0 fully saturated rings. The average Bonchev–Trinajstić information content (AvgIpc) is 2.76. The van der Waals surface area contributed by atoms with E-state index in [0.29, 0.717) is 5.15 Å². The van der Waals surface area contributed by atoms with Gasteiger partial charge in [-0.25, -0.2) is 4.98 Å². The highest BCUT2D eigenvalue weighted by Gasteiger charge is 2.13. The number of benzene rings is 1. The van der Waals surface area contributed by atoms with E-state index in [1.165, 1.54) is 0 Å². The Morgan fingerprint density at radius 2 is 2.05 bits per heavy atom. The van der Waals surface area contributed by atoms with E-state index in [9.17, 15) is 0 Å². The maximum absolute atomic E-state index is 5.95. The van der Waals surface area contributed by atoms with Gasteiger partial charge in [0.05, 0.1) is 24.5 Å². The summed E-state index contributed by atoms with van der Waals surface area (Å²) < 4.78 is 5.41. The molecule has 96 valence electrons. The molecule has 0 radical (unpaired) electrons. The zero-order chi connectivity index (χ0) is 13.4. The summed E-state index contributed by atoms with van der Waals surface area (Å²) in [6.07, 6.45) is 1.75. The monoisotopic (exact) mass is 272 g/mol. The molecule has 1 aromatic carbocycles. The smallest absolute Gasteiger partial charge is 0.129 e. The fourth-order valence-corrected chi connectivity index (χ4v) is 2.48. The molecule has 0 saturated carbocycles. The Labute approximate surface area is 116 Å². The number of hydrogen-bond donors (Lipinski definition) is 1. The van der Waals surface area contributed by atoms with Crippen molar-refractivity contribution < 1.29 is 4.74 Å². The van der Waals surface area contributed by atoms with Crippen LogP contribution in [-0.4, -0.2) is 17.1 Å². The van der Waals surface area contributed by atoms with Crippen LogP contribution in [0.25, 0.3) is 22.2 Å². The lowest BCUT2D eigenvalue weighted by Gasteiger charge is -2.07. The van der Waals surface area contributed by atoms with Gasteiger partial charge < -0.3 is 9.72 Å². The summed E-state index contributed by atoms with van der Waals surface area (Å²) in [5.41, 5.74) is 4.19. The largest absolute Gasteiger partial charge is 0.496 e. The van der Waals surface area contributed by atoms with Crippen molar-refractivity contribution in [2.45, 2.75) is 6.92 Å². The molecule has 0 aliphatic carbocycles.